The number of hydrogen-bond acceptors (Lipinski definition) is 6. The summed E-state index contributed by atoms with van der Waals surface area (Å²) in [5.74, 6) is 0.0137. The molecule has 3 heterocycles. The maximum atomic E-state index is 13.0. The van der Waals surface area contributed by atoms with E-state index in [-0.39, 0.29) is 19.0 Å². The average Bonchev–Trinajstić information content (AvgIpc) is 3.20. The molecule has 0 unspecified atom stereocenters. The van der Waals surface area contributed by atoms with Crippen LogP contribution in [0.4, 0.5) is 5.82 Å². The Morgan fingerprint density at radius 2 is 2.03 bits per heavy atom. The van der Waals surface area contributed by atoms with E-state index >= 15 is 0 Å². The molecule has 3 aromatic heterocycles. The molecule has 0 aliphatic heterocycles. The summed E-state index contributed by atoms with van der Waals surface area (Å²) in [5, 5.41) is 3.31. The molecule has 8 nitrogen and oxygen atoms in total. The monoisotopic (exact) mass is 455 g/mol. The number of carbonyl (C=O) groups is 1. The highest BCUT2D eigenvalue weighted by Crippen LogP contribution is 2.19. The molecule has 0 radical (unpaired) electrons. The molecule has 0 aliphatic carbocycles. The summed E-state index contributed by atoms with van der Waals surface area (Å²) in [6, 6.07) is 10.4. The number of thiazole rings is 1. The first-order chi connectivity index (χ1) is 14.8. The van der Waals surface area contributed by atoms with Crippen molar-refractivity contribution in [2.45, 2.75) is 20.0 Å². The zero-order chi connectivity index (χ0) is 22.1. The predicted octanol–water partition coefficient (Wildman–Crippen LogP) is 2.44. The Morgan fingerprint density at radius 1 is 1.23 bits per heavy atom. The molecule has 0 fully saturated rings. The Hall–Kier alpha value is -3.43. The number of fused-ring (bicyclic) bond motifs is 1. The fourth-order valence-corrected chi connectivity index (χ4v) is 4.42. The third-order valence-electron chi connectivity index (χ3n) is 4.75. The standard InChI is InChI=1S/C21H18ClN5O3S/c1-12-19(29)26(10-14-3-2-4-15(22)7-14)21(30)27-11-16(31-20(12)27)18(28)25-9-13-5-6-24-17(23)8-13/h2-8,11H,9-10H2,1H3,(H2,23,24)(H,25,28). The topological polar surface area (TPSA) is 111 Å². The van der Waals surface area contributed by atoms with E-state index < -0.39 is 11.2 Å². The first kappa shape index (κ1) is 20.8. The van der Waals surface area contributed by atoms with Crippen LogP contribution in [-0.2, 0) is 13.1 Å². The van der Waals surface area contributed by atoms with Crippen LogP contribution in [0.1, 0.15) is 26.4 Å². The minimum Gasteiger partial charge on any atom is -0.384 e. The number of halogens is 1. The second-order valence-electron chi connectivity index (χ2n) is 6.97. The van der Waals surface area contributed by atoms with Gasteiger partial charge in [-0.05, 0) is 42.3 Å². The van der Waals surface area contributed by atoms with Crippen LogP contribution in [0.5, 0.6) is 0 Å². The average molecular weight is 456 g/mol. The van der Waals surface area contributed by atoms with Crippen molar-refractivity contribution in [2.75, 3.05) is 5.73 Å². The molecule has 1 aromatic carbocycles. The fourth-order valence-electron chi connectivity index (χ4n) is 3.20. The van der Waals surface area contributed by atoms with Crippen molar-refractivity contribution in [3.05, 3.63) is 96.2 Å². The molecule has 0 atom stereocenters. The van der Waals surface area contributed by atoms with Crippen LogP contribution in [0.15, 0.2) is 58.4 Å². The Morgan fingerprint density at radius 3 is 2.77 bits per heavy atom. The molecule has 0 aliphatic rings. The first-order valence-electron chi connectivity index (χ1n) is 9.32. The number of benzene rings is 1. The smallest absolute Gasteiger partial charge is 0.336 e. The molecule has 3 N–H and O–H groups in total. The Labute approximate surface area is 185 Å². The second-order valence-corrected chi connectivity index (χ2v) is 8.44. The molecule has 0 saturated heterocycles. The molecular weight excluding hydrogens is 438 g/mol. The van der Waals surface area contributed by atoms with Gasteiger partial charge in [0, 0.05) is 29.5 Å². The number of nitrogen functional groups attached to an aromatic ring is 1. The number of amides is 1. The predicted molar refractivity (Wildman–Crippen MR) is 121 cm³/mol. The van der Waals surface area contributed by atoms with Gasteiger partial charge in [0.2, 0.25) is 0 Å². The number of hydrogen-bond donors (Lipinski definition) is 2. The van der Waals surface area contributed by atoms with Crippen LogP contribution < -0.4 is 22.3 Å². The Bertz CT molecular complexity index is 1420. The van der Waals surface area contributed by atoms with E-state index in [4.69, 9.17) is 17.3 Å². The summed E-state index contributed by atoms with van der Waals surface area (Å²) < 4.78 is 2.48. The molecular formula is C21H18ClN5O3S. The number of aryl methyl sites for hydroxylation is 1. The van der Waals surface area contributed by atoms with Gasteiger partial charge in [-0.3, -0.25) is 18.6 Å². The number of nitrogens with one attached hydrogen (secondary N) is 1. The summed E-state index contributed by atoms with van der Waals surface area (Å²) in [4.78, 5) is 43.1. The zero-order valence-electron chi connectivity index (χ0n) is 16.5. The lowest BCUT2D eigenvalue weighted by atomic mass is 10.2. The number of pyridine rings is 1. The molecule has 158 valence electrons. The van der Waals surface area contributed by atoms with Gasteiger partial charge < -0.3 is 11.1 Å². The number of nitrogens with zero attached hydrogens (tertiary/aromatic N) is 3. The molecule has 4 aromatic rings. The van der Waals surface area contributed by atoms with Gasteiger partial charge in [-0.15, -0.1) is 11.3 Å². The van der Waals surface area contributed by atoms with Crippen LogP contribution in [-0.4, -0.2) is 19.9 Å². The van der Waals surface area contributed by atoms with Crippen molar-refractivity contribution in [1.82, 2.24) is 19.3 Å². The normalized spacial score (nSPS) is 11.0. The lowest BCUT2D eigenvalue weighted by Crippen LogP contribution is -2.38. The van der Waals surface area contributed by atoms with E-state index in [0.29, 0.717) is 26.1 Å². The van der Waals surface area contributed by atoms with Crippen molar-refractivity contribution in [1.29, 1.82) is 0 Å². The first-order valence-corrected chi connectivity index (χ1v) is 10.5. The van der Waals surface area contributed by atoms with E-state index in [9.17, 15) is 14.4 Å². The van der Waals surface area contributed by atoms with E-state index in [2.05, 4.69) is 10.3 Å². The molecule has 0 spiro atoms. The summed E-state index contributed by atoms with van der Waals surface area (Å²) in [5.41, 5.74) is 6.68. The Kier molecular flexibility index (Phi) is 5.62. The maximum absolute atomic E-state index is 13.0. The minimum atomic E-state index is -0.511. The van der Waals surface area contributed by atoms with E-state index in [1.807, 2.05) is 0 Å². The summed E-state index contributed by atoms with van der Waals surface area (Å²) >= 11 is 7.11. The van der Waals surface area contributed by atoms with Gasteiger partial charge in [-0.25, -0.2) is 9.78 Å². The third kappa shape index (κ3) is 4.23. The van der Waals surface area contributed by atoms with Crippen LogP contribution in [0.3, 0.4) is 0 Å². The lowest BCUT2D eigenvalue weighted by Gasteiger charge is -2.08. The fraction of sp³-hybridized carbons (Fsp3) is 0.143. The van der Waals surface area contributed by atoms with Crippen LogP contribution in [0, 0.1) is 6.92 Å². The van der Waals surface area contributed by atoms with Crippen LogP contribution in [0.25, 0.3) is 4.83 Å². The van der Waals surface area contributed by atoms with Gasteiger partial charge in [0.05, 0.1) is 6.54 Å². The number of carbonyl (C=O) groups excluding carboxylic acids is 1. The van der Waals surface area contributed by atoms with Gasteiger partial charge in [0.1, 0.15) is 15.5 Å². The van der Waals surface area contributed by atoms with Crippen molar-refractivity contribution < 1.29 is 4.79 Å². The number of anilines is 1. The van der Waals surface area contributed by atoms with Crippen LogP contribution >= 0.6 is 22.9 Å². The highest BCUT2D eigenvalue weighted by atomic mass is 35.5. The highest BCUT2D eigenvalue weighted by Gasteiger charge is 2.17. The molecule has 31 heavy (non-hydrogen) atoms. The molecule has 4 rings (SSSR count). The number of nitrogens with two attached hydrogens (primary N) is 1. The highest BCUT2D eigenvalue weighted by molar-refractivity contribution is 7.19. The van der Waals surface area contributed by atoms with Gasteiger partial charge in [-0.1, -0.05) is 23.7 Å². The van der Waals surface area contributed by atoms with Crippen molar-refractivity contribution in [3.63, 3.8) is 0 Å². The maximum Gasteiger partial charge on any atom is 0.336 e. The summed E-state index contributed by atoms with van der Waals surface area (Å²) in [7, 11) is 0. The van der Waals surface area contributed by atoms with Crippen molar-refractivity contribution in [3.8, 4) is 0 Å². The van der Waals surface area contributed by atoms with E-state index in [1.54, 1.807) is 49.5 Å². The number of rotatable bonds is 5. The van der Waals surface area contributed by atoms with Gasteiger partial charge in [0.25, 0.3) is 11.5 Å². The zero-order valence-corrected chi connectivity index (χ0v) is 18.0. The molecule has 1 amide bonds. The Balaban J connectivity index is 1.66. The van der Waals surface area contributed by atoms with E-state index in [0.717, 1.165) is 27.0 Å². The van der Waals surface area contributed by atoms with Gasteiger partial charge in [-0.2, -0.15) is 0 Å². The summed E-state index contributed by atoms with van der Waals surface area (Å²) in [6.07, 6.45) is 3.02. The quantitative estimate of drug-likeness (QED) is 0.480. The summed E-state index contributed by atoms with van der Waals surface area (Å²) in [6.45, 7) is 1.99. The third-order valence-corrected chi connectivity index (χ3v) is 6.19. The van der Waals surface area contributed by atoms with Crippen LogP contribution in [0.2, 0.25) is 5.02 Å². The molecule has 10 heteroatoms. The van der Waals surface area contributed by atoms with Crippen molar-refractivity contribution >= 4 is 39.5 Å². The minimum absolute atomic E-state index is 0.0862. The van der Waals surface area contributed by atoms with Gasteiger partial charge in [0.15, 0.2) is 0 Å². The number of aromatic nitrogens is 3. The SMILES string of the molecule is Cc1c(=O)n(Cc2cccc(Cl)c2)c(=O)n2cc(C(=O)NCc3ccnc(N)c3)sc12. The second kappa shape index (κ2) is 8.37. The van der Waals surface area contributed by atoms with Crippen molar-refractivity contribution in [2.24, 2.45) is 0 Å². The van der Waals surface area contributed by atoms with E-state index in [1.165, 1.54) is 10.6 Å². The molecule has 0 bridgehead atoms. The van der Waals surface area contributed by atoms with Gasteiger partial charge >= 0.3 is 5.69 Å². The molecule has 0 saturated carbocycles. The largest absolute Gasteiger partial charge is 0.384 e. The lowest BCUT2D eigenvalue weighted by molar-refractivity contribution is 0.0954.